The lowest BCUT2D eigenvalue weighted by Crippen LogP contribution is -2.49. The van der Waals surface area contributed by atoms with Gasteiger partial charge in [0.15, 0.2) is 6.23 Å². The van der Waals surface area contributed by atoms with Gasteiger partial charge in [-0.3, -0.25) is 19.0 Å². The van der Waals surface area contributed by atoms with Crippen LogP contribution in [0, 0.1) is 6.92 Å². The number of aromatic nitrogens is 2. The number of ether oxygens (including phenoxy) is 6. The summed E-state index contributed by atoms with van der Waals surface area (Å²) in [4.78, 5) is 28.3. The first-order chi connectivity index (χ1) is 26.5. The fourth-order valence-electron chi connectivity index (χ4n) is 7.76. The van der Waals surface area contributed by atoms with Gasteiger partial charge in [-0.1, -0.05) is 54.6 Å². The maximum absolute atomic E-state index is 13.4. The van der Waals surface area contributed by atoms with E-state index in [1.54, 1.807) is 28.3 Å². The van der Waals surface area contributed by atoms with Gasteiger partial charge >= 0.3 is 5.69 Å². The van der Waals surface area contributed by atoms with Crippen molar-refractivity contribution in [3.05, 3.63) is 128 Å². The fourth-order valence-corrected chi connectivity index (χ4v) is 10.2. The number of methoxy groups -OCH3 is 3. The van der Waals surface area contributed by atoms with Gasteiger partial charge in [0, 0.05) is 43.7 Å². The molecule has 1 N–H and O–H groups in total. The molecule has 0 radical (unpaired) electrons. The van der Waals surface area contributed by atoms with Crippen LogP contribution in [0.4, 0.5) is 0 Å². The van der Waals surface area contributed by atoms with Crippen LogP contribution in [0.25, 0.3) is 0 Å². The third-order valence-electron chi connectivity index (χ3n) is 10.3. The number of aromatic amines is 1. The minimum Gasteiger partial charge on any atom is -0.497 e. The first-order valence-corrected chi connectivity index (χ1v) is 20.2. The van der Waals surface area contributed by atoms with Gasteiger partial charge in [0.1, 0.15) is 43.2 Å². The average molecular weight is 776 g/mol. The summed E-state index contributed by atoms with van der Waals surface area (Å²) in [7, 11) is 3.79. The van der Waals surface area contributed by atoms with E-state index in [0.717, 1.165) is 29.3 Å². The van der Waals surface area contributed by atoms with Crippen molar-refractivity contribution in [2.24, 2.45) is 0 Å². The number of hydrogen-bond donors (Lipinski definition) is 1. The quantitative estimate of drug-likeness (QED) is 0.0692. The molecule has 2 bridgehead atoms. The van der Waals surface area contributed by atoms with Crippen LogP contribution in [0.3, 0.4) is 0 Å². The number of aryl methyl sites for hydroxylation is 1. The first kappa shape index (κ1) is 40.8. The smallest absolute Gasteiger partial charge is 0.330 e. The summed E-state index contributed by atoms with van der Waals surface area (Å²) < 4.78 is 48.7. The minimum absolute atomic E-state index is 0.0271. The number of hydrogen-bond acceptors (Lipinski definition) is 10. The van der Waals surface area contributed by atoms with Crippen LogP contribution >= 0.6 is 8.30 Å². The summed E-state index contributed by atoms with van der Waals surface area (Å²) in [5.74, 6) is 1.43. The normalized spacial score (nSPS) is 21.5. The Balaban J connectivity index is 1.49. The molecule has 3 aromatic carbocycles. The van der Waals surface area contributed by atoms with E-state index in [1.807, 2.05) is 78.9 Å². The molecule has 0 amide bonds. The third-order valence-corrected chi connectivity index (χ3v) is 13.0. The Kier molecular flexibility index (Phi) is 13.0. The predicted octanol–water partition coefficient (Wildman–Crippen LogP) is 6.39. The molecule has 55 heavy (non-hydrogen) atoms. The number of nitrogens with one attached hydrogen (secondary N) is 1. The lowest BCUT2D eigenvalue weighted by atomic mass is 9.79. The van der Waals surface area contributed by atoms with E-state index < -0.39 is 49.2 Å². The van der Waals surface area contributed by atoms with Gasteiger partial charge in [-0.25, -0.2) is 4.79 Å². The minimum atomic E-state index is -1.19. The zero-order chi connectivity index (χ0) is 39.3. The molecule has 3 heterocycles. The molecule has 0 spiro atoms. The lowest BCUT2D eigenvalue weighted by Gasteiger charge is -2.42. The Morgan fingerprint density at radius 3 is 2.02 bits per heavy atom. The summed E-state index contributed by atoms with van der Waals surface area (Å²) in [6.45, 7) is 11.1. The summed E-state index contributed by atoms with van der Waals surface area (Å²) in [6.07, 6.45) is 0.892. The number of nitrogens with zero attached hydrogens (tertiary/aromatic N) is 2. The Morgan fingerprint density at radius 2 is 1.47 bits per heavy atom. The summed E-state index contributed by atoms with van der Waals surface area (Å²) >= 11 is 0. The summed E-state index contributed by atoms with van der Waals surface area (Å²) in [6, 6.07) is 26.2. The average Bonchev–Trinajstić information content (AvgIpc) is 3.68. The number of H-pyrrole nitrogens is 1. The Morgan fingerprint density at radius 1 is 0.891 bits per heavy atom. The van der Waals surface area contributed by atoms with Crippen LogP contribution in [0.2, 0.25) is 0 Å². The van der Waals surface area contributed by atoms with Gasteiger partial charge in [0.25, 0.3) is 5.56 Å². The van der Waals surface area contributed by atoms with Crippen molar-refractivity contribution < 1.29 is 32.9 Å². The number of rotatable bonds is 18. The molecule has 5 atom stereocenters. The van der Waals surface area contributed by atoms with Crippen molar-refractivity contribution in [1.29, 1.82) is 0 Å². The highest BCUT2D eigenvalue weighted by atomic mass is 31.2. The van der Waals surface area contributed by atoms with Gasteiger partial charge in [0.05, 0.1) is 27.4 Å². The second kappa shape index (κ2) is 17.5. The van der Waals surface area contributed by atoms with Gasteiger partial charge in [-0.15, -0.1) is 0 Å². The zero-order valence-electron chi connectivity index (χ0n) is 33.0. The Hall–Kier alpha value is -3.87. The Bertz CT molecular complexity index is 1910. The maximum atomic E-state index is 13.4. The Labute approximate surface area is 324 Å². The molecule has 12 nitrogen and oxygen atoms in total. The lowest BCUT2D eigenvalue weighted by molar-refractivity contribution is -0.203. The molecule has 4 aromatic rings. The highest BCUT2D eigenvalue weighted by molar-refractivity contribution is 7.50. The molecular formula is C42H54N3O9P. The van der Waals surface area contributed by atoms with Crippen molar-refractivity contribution >= 4 is 8.30 Å². The molecule has 0 aliphatic carbocycles. The van der Waals surface area contributed by atoms with Gasteiger partial charge in [0.2, 0.25) is 0 Å². The summed E-state index contributed by atoms with van der Waals surface area (Å²) in [5, 5.41) is 0. The van der Waals surface area contributed by atoms with Crippen molar-refractivity contribution in [2.45, 2.75) is 82.8 Å². The molecule has 1 aromatic heterocycles. The van der Waals surface area contributed by atoms with Crippen molar-refractivity contribution in [3.63, 3.8) is 0 Å². The largest absolute Gasteiger partial charge is 0.497 e. The molecule has 2 saturated heterocycles. The molecule has 0 saturated carbocycles. The topological polar surface area (TPSA) is 123 Å². The monoisotopic (exact) mass is 775 g/mol. The van der Waals surface area contributed by atoms with Crippen LogP contribution < -0.4 is 20.7 Å². The number of fused-ring (bicyclic) bond motifs is 2. The highest BCUT2D eigenvalue weighted by Crippen LogP contribution is 2.55. The van der Waals surface area contributed by atoms with E-state index in [9.17, 15) is 9.59 Å². The molecule has 6 rings (SSSR count). The maximum Gasteiger partial charge on any atom is 0.330 e. The molecule has 2 fully saturated rings. The number of benzene rings is 3. The summed E-state index contributed by atoms with van der Waals surface area (Å²) in [5.41, 5.74) is -0.335. The second-order valence-corrected chi connectivity index (χ2v) is 16.5. The van der Waals surface area contributed by atoms with Crippen LogP contribution in [-0.4, -0.2) is 91.4 Å². The van der Waals surface area contributed by atoms with E-state index in [0.29, 0.717) is 23.7 Å². The zero-order valence-corrected chi connectivity index (χ0v) is 33.9. The molecule has 296 valence electrons. The van der Waals surface area contributed by atoms with Crippen molar-refractivity contribution in [2.75, 3.05) is 47.3 Å². The molecule has 2 aliphatic heterocycles. The van der Waals surface area contributed by atoms with E-state index in [2.05, 4.69) is 37.3 Å². The SMILES string of the molecule is COCCCP(O[C@H]1[C@H]2OC[C@]1(COC(c1ccccc1)(c1ccc(OC)cc1)c1ccc(OC)cc1)O[C@H]2n1cc(C)c(=O)[nH]c1=O)N(C(C)C)C(C)C. The van der Waals surface area contributed by atoms with Gasteiger partial charge in [-0.05, 0) is 82.0 Å². The highest BCUT2D eigenvalue weighted by Gasteiger charge is 2.65. The van der Waals surface area contributed by atoms with Crippen LogP contribution in [0.1, 0.15) is 62.6 Å². The second-order valence-electron chi connectivity index (χ2n) is 14.6. The molecule has 13 heteroatoms. The fraction of sp³-hybridized carbons (Fsp3) is 0.476. The van der Waals surface area contributed by atoms with Crippen LogP contribution in [0.5, 0.6) is 11.5 Å². The van der Waals surface area contributed by atoms with E-state index in [1.165, 1.54) is 10.8 Å². The van der Waals surface area contributed by atoms with Crippen molar-refractivity contribution in [3.8, 4) is 11.5 Å². The van der Waals surface area contributed by atoms with Gasteiger partial charge < -0.3 is 32.9 Å². The third kappa shape index (κ3) is 8.18. The molecule has 1 unspecified atom stereocenters. The van der Waals surface area contributed by atoms with Crippen LogP contribution in [-0.2, 0) is 29.1 Å². The standard InChI is InChI=1S/C42H54N3O9P/c1-28(2)45(29(3)4)55(24-12-23-48-6)54-37-36-39(44-25-30(5)38(46)43-40(44)47)53-41(37,26-51-36)27-52-42(31-13-10-9-11-14-31,32-15-19-34(49-7)20-16-32)33-17-21-35(50-8)22-18-33/h9-11,13-22,25,28-29,36-37,39H,12,23-24,26-27H2,1-8H3,(H,43,46,47)/t36-,37+,39-,41-,55?/m1/s1. The molecule has 2 aliphatic rings. The van der Waals surface area contributed by atoms with E-state index in [-0.39, 0.29) is 25.3 Å². The van der Waals surface area contributed by atoms with E-state index in [4.69, 9.17) is 32.9 Å². The predicted molar refractivity (Wildman–Crippen MR) is 212 cm³/mol. The first-order valence-electron chi connectivity index (χ1n) is 18.8. The van der Waals surface area contributed by atoms with E-state index >= 15 is 0 Å². The van der Waals surface area contributed by atoms with Crippen LogP contribution in [0.15, 0.2) is 94.6 Å². The van der Waals surface area contributed by atoms with Crippen molar-refractivity contribution in [1.82, 2.24) is 14.2 Å². The molecular weight excluding hydrogens is 721 g/mol. The van der Waals surface area contributed by atoms with Gasteiger partial charge in [-0.2, -0.15) is 0 Å².